The lowest BCUT2D eigenvalue weighted by Crippen LogP contribution is -2.27. The molecule has 0 unspecified atom stereocenters. The van der Waals surface area contributed by atoms with Crippen molar-refractivity contribution in [1.29, 1.82) is 0 Å². The maximum Gasteiger partial charge on any atom is 0.277 e. The fourth-order valence-electron chi connectivity index (χ4n) is 2.24. The van der Waals surface area contributed by atoms with E-state index in [1.165, 1.54) is 11.8 Å². The number of carbonyl (C=O) groups is 1. The van der Waals surface area contributed by atoms with E-state index in [-0.39, 0.29) is 11.7 Å². The molecule has 0 spiro atoms. The molecule has 0 radical (unpaired) electrons. The number of amides is 1. The molecule has 1 amide bonds. The quantitative estimate of drug-likeness (QED) is 0.550. The summed E-state index contributed by atoms with van der Waals surface area (Å²) < 4.78 is 10.8. The van der Waals surface area contributed by atoms with Crippen LogP contribution >= 0.6 is 23.1 Å². The fourth-order valence-corrected chi connectivity index (χ4v) is 3.72. The number of hydrogen-bond donors (Lipinski definition) is 0. The predicted molar refractivity (Wildman–Crippen MR) is 102 cm³/mol. The number of thioether (sulfide) groups is 1. The van der Waals surface area contributed by atoms with Crippen molar-refractivity contribution < 1.29 is 13.9 Å². The molecule has 8 heteroatoms. The number of thiophene rings is 1. The standard InChI is InChI=1S/C18H19N3O3S2/c1-21(11-15-4-3-9-25-15)17(22)12-26-18-20-19-16(24-18)10-13-5-7-14(23-2)8-6-13/h3-9H,10-12H2,1-2H3. The molecule has 0 aliphatic rings. The first-order chi connectivity index (χ1) is 12.6. The van der Waals surface area contributed by atoms with Crippen LogP contribution in [0, 0.1) is 0 Å². The molecule has 6 nitrogen and oxygen atoms in total. The Bertz CT molecular complexity index is 832. The second kappa shape index (κ2) is 8.86. The van der Waals surface area contributed by atoms with Gasteiger partial charge in [-0.2, -0.15) is 0 Å². The zero-order valence-electron chi connectivity index (χ0n) is 14.5. The van der Waals surface area contributed by atoms with E-state index < -0.39 is 0 Å². The van der Waals surface area contributed by atoms with E-state index in [0.717, 1.165) is 16.2 Å². The van der Waals surface area contributed by atoms with Gasteiger partial charge in [0.2, 0.25) is 11.8 Å². The van der Waals surface area contributed by atoms with Crippen LogP contribution in [0.5, 0.6) is 5.75 Å². The van der Waals surface area contributed by atoms with Gasteiger partial charge in [0.15, 0.2) is 0 Å². The molecule has 0 bridgehead atoms. The molecule has 0 aliphatic carbocycles. The van der Waals surface area contributed by atoms with Crippen LogP contribution in [0.4, 0.5) is 0 Å². The number of hydrogen-bond acceptors (Lipinski definition) is 7. The van der Waals surface area contributed by atoms with Crippen LogP contribution in [0.3, 0.4) is 0 Å². The molecule has 0 N–H and O–H groups in total. The summed E-state index contributed by atoms with van der Waals surface area (Å²) in [6.07, 6.45) is 0.545. The molecule has 0 saturated carbocycles. The number of aromatic nitrogens is 2. The van der Waals surface area contributed by atoms with E-state index in [0.29, 0.717) is 24.1 Å². The van der Waals surface area contributed by atoms with Gasteiger partial charge in [-0.1, -0.05) is 30.0 Å². The summed E-state index contributed by atoms with van der Waals surface area (Å²) >= 11 is 2.90. The predicted octanol–water partition coefficient (Wildman–Crippen LogP) is 3.48. The van der Waals surface area contributed by atoms with Crippen LogP contribution in [-0.4, -0.2) is 40.9 Å². The van der Waals surface area contributed by atoms with Crippen LogP contribution in [-0.2, 0) is 17.8 Å². The Balaban J connectivity index is 1.49. The molecule has 3 aromatic rings. The number of ether oxygens (including phenoxy) is 1. The minimum Gasteiger partial charge on any atom is -0.497 e. The highest BCUT2D eigenvalue weighted by Gasteiger charge is 2.14. The molecule has 3 rings (SSSR count). The molecule has 0 fully saturated rings. The maximum atomic E-state index is 12.2. The molecule has 2 aromatic heterocycles. The first-order valence-corrected chi connectivity index (χ1v) is 9.85. The van der Waals surface area contributed by atoms with Crippen molar-refractivity contribution in [3.63, 3.8) is 0 Å². The van der Waals surface area contributed by atoms with E-state index in [1.807, 2.05) is 41.8 Å². The molecule has 26 heavy (non-hydrogen) atoms. The van der Waals surface area contributed by atoms with Gasteiger partial charge in [0.25, 0.3) is 5.22 Å². The van der Waals surface area contributed by atoms with Crippen molar-refractivity contribution in [2.75, 3.05) is 19.9 Å². The number of carbonyl (C=O) groups excluding carboxylic acids is 1. The van der Waals surface area contributed by atoms with E-state index in [4.69, 9.17) is 9.15 Å². The fraction of sp³-hybridized carbons (Fsp3) is 0.278. The highest BCUT2D eigenvalue weighted by Crippen LogP contribution is 2.20. The lowest BCUT2D eigenvalue weighted by Gasteiger charge is -2.15. The Labute approximate surface area is 160 Å². The third-order valence-electron chi connectivity index (χ3n) is 3.68. The Morgan fingerprint density at radius 1 is 1.27 bits per heavy atom. The number of methoxy groups -OCH3 is 1. The second-order valence-corrected chi connectivity index (χ2v) is 7.56. The Hall–Kier alpha value is -2.32. The zero-order valence-corrected chi connectivity index (χ0v) is 16.2. The topological polar surface area (TPSA) is 68.5 Å². The van der Waals surface area contributed by atoms with E-state index in [9.17, 15) is 4.79 Å². The van der Waals surface area contributed by atoms with Gasteiger partial charge in [-0.25, -0.2) is 0 Å². The van der Waals surface area contributed by atoms with E-state index in [2.05, 4.69) is 10.2 Å². The van der Waals surface area contributed by atoms with Gasteiger partial charge in [0.1, 0.15) is 5.75 Å². The van der Waals surface area contributed by atoms with E-state index >= 15 is 0 Å². The average Bonchev–Trinajstić information content (AvgIpc) is 3.32. The van der Waals surface area contributed by atoms with Crippen LogP contribution in [0.1, 0.15) is 16.3 Å². The van der Waals surface area contributed by atoms with Crippen molar-refractivity contribution in [2.45, 2.75) is 18.2 Å². The van der Waals surface area contributed by atoms with Gasteiger partial charge >= 0.3 is 0 Å². The molecular weight excluding hydrogens is 370 g/mol. The molecular formula is C18H19N3O3S2. The highest BCUT2D eigenvalue weighted by atomic mass is 32.2. The zero-order chi connectivity index (χ0) is 18.4. The van der Waals surface area contributed by atoms with Gasteiger partial charge in [0.05, 0.1) is 25.8 Å². The first-order valence-electron chi connectivity index (χ1n) is 7.98. The summed E-state index contributed by atoms with van der Waals surface area (Å²) in [6.45, 7) is 0.615. The summed E-state index contributed by atoms with van der Waals surface area (Å²) in [5, 5.41) is 10.5. The highest BCUT2D eigenvalue weighted by molar-refractivity contribution is 7.99. The Morgan fingerprint density at radius 2 is 2.08 bits per heavy atom. The lowest BCUT2D eigenvalue weighted by atomic mass is 10.1. The third-order valence-corrected chi connectivity index (χ3v) is 5.35. The number of nitrogens with zero attached hydrogens (tertiary/aromatic N) is 3. The smallest absolute Gasteiger partial charge is 0.277 e. The van der Waals surface area contributed by atoms with Crippen molar-refractivity contribution >= 4 is 29.0 Å². The van der Waals surface area contributed by atoms with Gasteiger partial charge in [-0.15, -0.1) is 21.5 Å². The van der Waals surface area contributed by atoms with Crippen molar-refractivity contribution in [1.82, 2.24) is 15.1 Å². The summed E-state index contributed by atoms with van der Waals surface area (Å²) in [4.78, 5) is 15.1. The second-order valence-electron chi connectivity index (χ2n) is 5.60. The molecule has 0 aliphatic heterocycles. The SMILES string of the molecule is COc1ccc(Cc2nnc(SCC(=O)N(C)Cc3cccs3)o2)cc1. The monoisotopic (exact) mass is 389 g/mol. The Morgan fingerprint density at radius 3 is 2.77 bits per heavy atom. The van der Waals surface area contributed by atoms with Gasteiger partial charge < -0.3 is 14.1 Å². The van der Waals surface area contributed by atoms with Crippen LogP contribution in [0.15, 0.2) is 51.4 Å². The van der Waals surface area contributed by atoms with Crippen molar-refractivity contribution in [3.8, 4) is 5.75 Å². The minimum absolute atomic E-state index is 0.0262. The summed E-state index contributed by atoms with van der Waals surface area (Å²) in [5.74, 6) is 1.63. The number of benzene rings is 1. The molecule has 0 saturated heterocycles. The van der Waals surface area contributed by atoms with Crippen molar-refractivity contribution in [2.24, 2.45) is 0 Å². The number of rotatable bonds is 8. The Kier molecular flexibility index (Phi) is 6.30. The van der Waals surface area contributed by atoms with Gasteiger partial charge in [-0.05, 0) is 29.1 Å². The minimum atomic E-state index is 0.0262. The van der Waals surface area contributed by atoms with Crippen LogP contribution < -0.4 is 4.74 Å². The summed E-state index contributed by atoms with van der Waals surface area (Å²) in [6, 6.07) is 11.7. The van der Waals surface area contributed by atoms with Crippen LogP contribution in [0.2, 0.25) is 0 Å². The summed E-state index contributed by atoms with van der Waals surface area (Å²) in [5.41, 5.74) is 1.05. The molecule has 1 aromatic carbocycles. The first kappa shape index (κ1) is 18.5. The third kappa shape index (κ3) is 5.09. The van der Waals surface area contributed by atoms with Crippen molar-refractivity contribution in [3.05, 3.63) is 58.1 Å². The van der Waals surface area contributed by atoms with E-state index in [1.54, 1.807) is 30.4 Å². The largest absolute Gasteiger partial charge is 0.497 e. The van der Waals surface area contributed by atoms with Gasteiger partial charge in [0, 0.05) is 11.9 Å². The molecule has 0 atom stereocenters. The maximum absolute atomic E-state index is 12.2. The summed E-state index contributed by atoms with van der Waals surface area (Å²) in [7, 11) is 3.43. The average molecular weight is 390 g/mol. The molecule has 136 valence electrons. The lowest BCUT2D eigenvalue weighted by molar-refractivity contribution is -0.127. The normalized spacial score (nSPS) is 10.7. The molecule has 2 heterocycles. The van der Waals surface area contributed by atoms with Gasteiger partial charge in [-0.3, -0.25) is 4.79 Å². The van der Waals surface area contributed by atoms with Crippen LogP contribution in [0.25, 0.3) is 0 Å².